The van der Waals surface area contributed by atoms with Crippen LogP contribution in [0.2, 0.25) is 0 Å². The number of rotatable bonds is 8. The van der Waals surface area contributed by atoms with Gasteiger partial charge in [-0.3, -0.25) is 0 Å². The van der Waals surface area contributed by atoms with Crippen LogP contribution in [-0.4, -0.2) is 146 Å². The first-order valence-corrected chi connectivity index (χ1v) is 17.6. The molecule has 4 aliphatic rings. The van der Waals surface area contributed by atoms with Crippen molar-refractivity contribution in [2.45, 2.75) is 37.5 Å². The molecule has 4 heterocycles. The minimum atomic E-state index is -0.677. The summed E-state index contributed by atoms with van der Waals surface area (Å²) in [6, 6.07) is 13.8. The van der Waals surface area contributed by atoms with Crippen molar-refractivity contribution in [2.24, 2.45) is 32.9 Å². The molecule has 54 heavy (non-hydrogen) atoms. The van der Waals surface area contributed by atoms with Crippen LogP contribution >= 0.6 is 0 Å². The molecule has 2 aromatic carbocycles. The van der Waals surface area contributed by atoms with E-state index in [-0.39, 0.29) is 37.2 Å². The summed E-state index contributed by atoms with van der Waals surface area (Å²) in [7, 11) is 0. The van der Waals surface area contributed by atoms with Crippen LogP contribution in [0.15, 0.2) is 58.5 Å². The van der Waals surface area contributed by atoms with Gasteiger partial charge in [0.1, 0.15) is 12.2 Å². The molecule has 20 nitrogen and oxygen atoms in total. The van der Waals surface area contributed by atoms with Gasteiger partial charge in [-0.05, 0) is 35.4 Å². The number of nitrogens with zero attached hydrogens (tertiary/aromatic N) is 6. The summed E-state index contributed by atoms with van der Waals surface area (Å²) in [5.41, 5.74) is 24.6. The number of nitrogens with one attached hydrogen (secondary N) is 2. The van der Waals surface area contributed by atoms with E-state index in [9.17, 15) is 19.2 Å². The van der Waals surface area contributed by atoms with Crippen molar-refractivity contribution in [3.63, 3.8) is 0 Å². The number of carbonyl (C=O) groups is 4. The number of urea groups is 2. The van der Waals surface area contributed by atoms with E-state index in [1.165, 1.54) is 0 Å². The average molecular weight is 751 g/mol. The van der Waals surface area contributed by atoms with Crippen molar-refractivity contribution in [1.82, 2.24) is 30.2 Å². The number of nitrogens with two attached hydrogens (primary N) is 4. The number of aliphatic imine (C=N–C) groups is 2. The summed E-state index contributed by atoms with van der Waals surface area (Å²) in [5.74, 6) is -0.0658. The Hall–Kier alpha value is -6.02. The van der Waals surface area contributed by atoms with Crippen LogP contribution in [0.4, 0.5) is 30.6 Å². The van der Waals surface area contributed by atoms with Gasteiger partial charge in [-0.2, -0.15) is 0 Å². The Morgan fingerprint density at radius 3 is 1.24 bits per heavy atom. The monoisotopic (exact) mass is 750 g/mol. The average Bonchev–Trinajstić information content (AvgIpc) is 3.76. The lowest BCUT2D eigenvalue weighted by molar-refractivity contribution is -0.0276. The maximum Gasteiger partial charge on any atom is 0.410 e. The zero-order valence-electron chi connectivity index (χ0n) is 29.7. The lowest BCUT2D eigenvalue weighted by atomic mass is 10.1. The number of hydrogen-bond acceptors (Lipinski definition) is 10. The molecule has 10 N–H and O–H groups in total. The first-order chi connectivity index (χ1) is 26.0. The summed E-state index contributed by atoms with van der Waals surface area (Å²) < 4.78 is 23.3. The van der Waals surface area contributed by atoms with E-state index in [1.807, 2.05) is 24.3 Å². The molecule has 290 valence electrons. The predicted molar refractivity (Wildman–Crippen MR) is 195 cm³/mol. The Morgan fingerprint density at radius 2 is 0.907 bits per heavy atom. The molecule has 0 saturated carbocycles. The molecule has 4 fully saturated rings. The fourth-order valence-corrected chi connectivity index (χ4v) is 6.48. The molecule has 0 aromatic heterocycles. The number of carbonyl (C=O) groups excluding carboxylic acids is 4. The maximum absolute atomic E-state index is 13.0. The van der Waals surface area contributed by atoms with Crippen LogP contribution in [0.5, 0.6) is 0 Å². The Bertz CT molecular complexity index is 1580. The molecule has 20 heteroatoms. The van der Waals surface area contributed by atoms with E-state index in [1.54, 1.807) is 43.9 Å². The molecule has 4 atom stereocenters. The van der Waals surface area contributed by atoms with E-state index >= 15 is 0 Å². The van der Waals surface area contributed by atoms with Crippen molar-refractivity contribution in [3.05, 3.63) is 59.7 Å². The van der Waals surface area contributed by atoms with E-state index in [4.69, 9.17) is 41.9 Å². The second kappa shape index (κ2) is 17.2. The molecule has 4 saturated heterocycles. The van der Waals surface area contributed by atoms with Crippen LogP contribution in [0.1, 0.15) is 11.1 Å². The highest BCUT2D eigenvalue weighted by molar-refractivity contribution is 5.79. The smallest absolute Gasteiger partial charge is 0.410 e. The van der Waals surface area contributed by atoms with Gasteiger partial charge >= 0.3 is 24.2 Å². The van der Waals surface area contributed by atoms with Crippen LogP contribution < -0.4 is 33.6 Å². The molecule has 0 bridgehead atoms. The van der Waals surface area contributed by atoms with Crippen molar-refractivity contribution < 1.29 is 38.1 Å². The number of amides is 6. The number of piperazine rings is 2. The Labute approximate surface area is 311 Å². The van der Waals surface area contributed by atoms with Gasteiger partial charge < -0.3 is 72.1 Å². The van der Waals surface area contributed by atoms with Gasteiger partial charge in [0.25, 0.3) is 0 Å². The first kappa shape index (κ1) is 37.7. The molecule has 0 unspecified atom stereocenters. The highest BCUT2D eigenvalue weighted by Crippen LogP contribution is 2.31. The lowest BCUT2D eigenvalue weighted by Crippen LogP contribution is -2.54. The molecule has 6 rings (SSSR count). The standard InChI is InChI=1S/C34H46N12O8/c35-29(36)41-23-5-1-21(2-6-23)17-39-31(47)43-9-13-45(14-10-43)33(49)53-25-19-51-28-26(20-52-27(25)28)54-34(50)46-15-11-44(12-16-46)32(48)40-18-22-3-7-24(8-4-22)42-30(37)38/h1-8,25-28H,9-20H2,(H,39,47)(H,40,48)(H4,35,36,41)(H4,37,38,42)/t25-,26-,27-,28-/m1/s1. The number of ether oxygens (including phenoxy) is 4. The molecule has 0 radical (unpaired) electrons. The zero-order valence-corrected chi connectivity index (χ0v) is 29.7. The normalized spacial score (nSPS) is 22.1. The minimum Gasteiger partial charge on any atom is -0.441 e. The van der Waals surface area contributed by atoms with Crippen LogP contribution in [0.25, 0.3) is 0 Å². The molecule has 6 amide bonds. The quantitative estimate of drug-likeness (QED) is 0.149. The van der Waals surface area contributed by atoms with Crippen molar-refractivity contribution in [3.8, 4) is 0 Å². The van der Waals surface area contributed by atoms with Gasteiger partial charge in [0.05, 0.1) is 24.6 Å². The topological polar surface area (TPSA) is 271 Å². The van der Waals surface area contributed by atoms with Crippen molar-refractivity contribution in [1.29, 1.82) is 0 Å². The summed E-state index contributed by atoms with van der Waals surface area (Å²) >= 11 is 0. The number of hydrogen-bond donors (Lipinski definition) is 6. The third-order valence-electron chi connectivity index (χ3n) is 9.39. The van der Waals surface area contributed by atoms with Crippen LogP contribution in [0.3, 0.4) is 0 Å². The van der Waals surface area contributed by atoms with Crippen molar-refractivity contribution >= 4 is 47.5 Å². The third kappa shape index (κ3) is 9.69. The SMILES string of the molecule is NC(N)=Nc1ccc(CNC(=O)N2CCN(C(=O)O[C@@H]3CO[C@H]4[C@@H]3OC[C@H]4OC(=O)N3CCN(C(=O)NCc4ccc(N=C(N)N)cc4)CC3)CC2)cc1. The number of fused-ring (bicyclic) bond motifs is 1. The number of benzene rings is 2. The summed E-state index contributed by atoms with van der Waals surface area (Å²) in [6.07, 6.45) is -3.59. The molecule has 0 spiro atoms. The molecule has 0 aliphatic carbocycles. The fourth-order valence-electron chi connectivity index (χ4n) is 6.48. The van der Waals surface area contributed by atoms with E-state index in [2.05, 4.69) is 20.6 Å². The molecular formula is C34H46N12O8. The maximum atomic E-state index is 13.0. The fraction of sp³-hybridized carbons (Fsp3) is 0.471. The first-order valence-electron chi connectivity index (χ1n) is 17.6. The van der Waals surface area contributed by atoms with Gasteiger partial charge in [0, 0.05) is 65.4 Å². The summed E-state index contributed by atoms with van der Waals surface area (Å²) in [5, 5.41) is 5.77. The van der Waals surface area contributed by atoms with Gasteiger partial charge in [-0.25, -0.2) is 29.2 Å². The van der Waals surface area contributed by atoms with Crippen molar-refractivity contribution in [2.75, 3.05) is 65.6 Å². The van der Waals surface area contributed by atoms with Crippen LogP contribution in [-0.2, 0) is 32.0 Å². The van der Waals surface area contributed by atoms with Gasteiger partial charge in [0.15, 0.2) is 24.1 Å². The zero-order chi connectivity index (χ0) is 38.2. The van der Waals surface area contributed by atoms with E-state index < -0.39 is 36.6 Å². The van der Waals surface area contributed by atoms with Gasteiger partial charge in [-0.1, -0.05) is 24.3 Å². The second-order valence-electron chi connectivity index (χ2n) is 13.1. The highest BCUT2D eigenvalue weighted by Gasteiger charge is 2.52. The van der Waals surface area contributed by atoms with Gasteiger partial charge in [0.2, 0.25) is 0 Å². The molecular weight excluding hydrogens is 704 g/mol. The molecule has 4 aliphatic heterocycles. The second-order valence-corrected chi connectivity index (χ2v) is 13.1. The highest BCUT2D eigenvalue weighted by atomic mass is 16.7. The largest absolute Gasteiger partial charge is 0.441 e. The summed E-state index contributed by atoms with van der Waals surface area (Å²) in [6.45, 7) is 3.37. The van der Waals surface area contributed by atoms with E-state index in [0.717, 1.165) is 11.1 Å². The van der Waals surface area contributed by atoms with Crippen LogP contribution in [0, 0.1) is 0 Å². The number of guanidine groups is 2. The summed E-state index contributed by atoms with van der Waals surface area (Å²) in [4.78, 5) is 65.9. The Kier molecular flexibility index (Phi) is 12.0. The Balaban J connectivity index is 0.869. The Morgan fingerprint density at radius 1 is 0.574 bits per heavy atom. The van der Waals surface area contributed by atoms with Gasteiger partial charge in [-0.15, -0.1) is 0 Å². The lowest BCUT2D eigenvalue weighted by Gasteiger charge is -2.34. The van der Waals surface area contributed by atoms with E-state index in [0.29, 0.717) is 76.8 Å². The third-order valence-corrected chi connectivity index (χ3v) is 9.39. The predicted octanol–water partition coefficient (Wildman–Crippen LogP) is -0.341. The minimum absolute atomic E-state index is 0.0329. The molecule has 2 aromatic rings.